The molecular weight excluding hydrogens is 491 g/mol. The van der Waals surface area contributed by atoms with Crippen LogP contribution in [0.15, 0.2) is 35.3 Å². The van der Waals surface area contributed by atoms with Crippen molar-refractivity contribution in [1.82, 2.24) is 24.7 Å². The van der Waals surface area contributed by atoms with Crippen molar-refractivity contribution in [1.29, 1.82) is 0 Å². The van der Waals surface area contributed by atoms with E-state index in [1.165, 1.54) is 22.9 Å². The van der Waals surface area contributed by atoms with Gasteiger partial charge < -0.3 is 26.6 Å². The van der Waals surface area contributed by atoms with E-state index in [1.807, 2.05) is 0 Å². The lowest BCUT2D eigenvalue weighted by Crippen LogP contribution is -2.58. The number of aromatic nitrogens is 2. The summed E-state index contributed by atoms with van der Waals surface area (Å²) in [6.45, 7) is 5.10. The SMILES string of the molecule is CC(C)(N)C(=O)N1CCN(C(=O)Nc2ccn(-c3ccc(CN[C@H]4CC[C@H](N)CC4)c(F)c3)c(=O)n2)CC1. The van der Waals surface area contributed by atoms with E-state index in [-0.39, 0.29) is 17.8 Å². The zero-order valence-corrected chi connectivity index (χ0v) is 22.0. The van der Waals surface area contributed by atoms with E-state index in [9.17, 15) is 18.8 Å². The lowest BCUT2D eigenvalue weighted by molar-refractivity contribution is -0.137. The van der Waals surface area contributed by atoms with Crippen molar-refractivity contribution in [3.8, 4) is 5.69 Å². The Labute approximate surface area is 221 Å². The fourth-order valence-electron chi connectivity index (χ4n) is 4.79. The Morgan fingerprint density at radius 2 is 1.74 bits per heavy atom. The van der Waals surface area contributed by atoms with E-state index in [1.54, 1.807) is 35.8 Å². The molecule has 2 fully saturated rings. The summed E-state index contributed by atoms with van der Waals surface area (Å²) in [5, 5.41) is 6.01. The molecule has 206 valence electrons. The maximum atomic E-state index is 14.8. The van der Waals surface area contributed by atoms with E-state index in [4.69, 9.17) is 11.5 Å². The highest BCUT2D eigenvalue weighted by molar-refractivity contribution is 5.89. The second-order valence-electron chi connectivity index (χ2n) is 10.7. The Morgan fingerprint density at radius 1 is 1.08 bits per heavy atom. The van der Waals surface area contributed by atoms with Crippen LogP contribution < -0.4 is 27.8 Å². The van der Waals surface area contributed by atoms with Crippen molar-refractivity contribution in [3.05, 3.63) is 52.3 Å². The predicted molar refractivity (Wildman–Crippen MR) is 142 cm³/mol. The van der Waals surface area contributed by atoms with Gasteiger partial charge in [-0.2, -0.15) is 4.98 Å². The number of halogens is 1. The van der Waals surface area contributed by atoms with E-state index in [0.29, 0.717) is 50.0 Å². The molecule has 0 atom stereocenters. The molecule has 1 aromatic heterocycles. The minimum Gasteiger partial charge on any atom is -0.338 e. The lowest BCUT2D eigenvalue weighted by Gasteiger charge is -2.37. The highest BCUT2D eigenvalue weighted by Gasteiger charge is 2.31. The van der Waals surface area contributed by atoms with Gasteiger partial charge in [0.1, 0.15) is 11.6 Å². The molecule has 6 N–H and O–H groups in total. The van der Waals surface area contributed by atoms with Crippen LogP contribution in [0.5, 0.6) is 0 Å². The number of amides is 3. The number of anilines is 1. The third-order valence-corrected chi connectivity index (χ3v) is 7.11. The summed E-state index contributed by atoms with van der Waals surface area (Å²) in [4.78, 5) is 44.8. The molecule has 1 aliphatic carbocycles. The van der Waals surface area contributed by atoms with Crippen LogP contribution >= 0.6 is 0 Å². The van der Waals surface area contributed by atoms with E-state index >= 15 is 0 Å². The summed E-state index contributed by atoms with van der Waals surface area (Å²) in [5.41, 5.74) is 11.1. The zero-order chi connectivity index (χ0) is 27.4. The largest absolute Gasteiger partial charge is 0.354 e. The molecule has 1 saturated heterocycles. The quantitative estimate of drug-likeness (QED) is 0.439. The summed E-state index contributed by atoms with van der Waals surface area (Å²) in [6, 6.07) is 6.28. The van der Waals surface area contributed by atoms with Crippen LogP contribution in [-0.2, 0) is 11.3 Å². The molecular formula is C26H37FN8O3. The highest BCUT2D eigenvalue weighted by atomic mass is 19.1. The van der Waals surface area contributed by atoms with Gasteiger partial charge in [0.25, 0.3) is 0 Å². The van der Waals surface area contributed by atoms with Gasteiger partial charge in [0.2, 0.25) is 5.91 Å². The molecule has 2 heterocycles. The molecule has 1 saturated carbocycles. The van der Waals surface area contributed by atoms with E-state index in [0.717, 1.165) is 25.7 Å². The van der Waals surface area contributed by atoms with Crippen molar-refractivity contribution < 1.29 is 14.0 Å². The molecule has 0 bridgehead atoms. The van der Waals surface area contributed by atoms with Crippen molar-refractivity contribution >= 4 is 17.8 Å². The smallest absolute Gasteiger partial charge is 0.338 e. The Morgan fingerprint density at radius 3 is 2.34 bits per heavy atom. The van der Waals surface area contributed by atoms with E-state index in [2.05, 4.69) is 15.6 Å². The fourth-order valence-corrected chi connectivity index (χ4v) is 4.79. The molecule has 4 rings (SSSR count). The van der Waals surface area contributed by atoms with Crippen molar-refractivity contribution in [2.75, 3.05) is 31.5 Å². The van der Waals surface area contributed by atoms with Gasteiger partial charge in [-0.15, -0.1) is 0 Å². The van der Waals surface area contributed by atoms with Gasteiger partial charge in [-0.1, -0.05) is 6.07 Å². The van der Waals surface area contributed by atoms with E-state index < -0.39 is 23.1 Å². The lowest BCUT2D eigenvalue weighted by atomic mass is 9.92. The molecule has 1 aromatic carbocycles. The maximum Gasteiger partial charge on any atom is 0.354 e. The van der Waals surface area contributed by atoms with Crippen molar-refractivity contribution in [3.63, 3.8) is 0 Å². The molecule has 12 heteroatoms. The molecule has 2 aliphatic rings. The summed E-state index contributed by atoms with van der Waals surface area (Å²) >= 11 is 0. The second-order valence-corrected chi connectivity index (χ2v) is 10.7. The minimum atomic E-state index is -0.970. The first kappa shape index (κ1) is 27.7. The van der Waals surface area contributed by atoms with Gasteiger partial charge in [0, 0.05) is 56.6 Å². The van der Waals surface area contributed by atoms with Gasteiger partial charge in [0.05, 0.1) is 11.2 Å². The number of hydrogen-bond acceptors (Lipinski definition) is 7. The fraction of sp³-hybridized carbons (Fsp3) is 0.538. The minimum absolute atomic E-state index is 0.0892. The molecule has 1 aliphatic heterocycles. The standard InChI is InChI=1S/C26H37FN8O3/c1-26(2,29)23(36)33-11-13-34(14-12-33)24(37)31-22-9-10-35(25(38)32-22)20-8-3-17(21(27)15-20)16-30-19-6-4-18(28)5-7-19/h3,8-10,15,18-19,30H,4-7,11-14,16,28-29H2,1-2H3,(H,31,32,37,38)/t18-,19-. The van der Waals surface area contributed by atoms with Crippen LogP contribution in [-0.4, -0.2) is 75.1 Å². The third-order valence-electron chi connectivity index (χ3n) is 7.11. The maximum absolute atomic E-state index is 14.8. The first-order chi connectivity index (χ1) is 18.0. The Bertz CT molecular complexity index is 1210. The summed E-state index contributed by atoms with van der Waals surface area (Å²) < 4.78 is 16.0. The number of nitrogens with two attached hydrogens (primary N) is 2. The topological polar surface area (TPSA) is 152 Å². The van der Waals surface area contributed by atoms with Gasteiger partial charge >= 0.3 is 11.7 Å². The number of urea groups is 1. The monoisotopic (exact) mass is 528 g/mol. The number of hydrogen-bond donors (Lipinski definition) is 4. The predicted octanol–water partition coefficient (Wildman–Crippen LogP) is 1.14. The van der Waals surface area contributed by atoms with Crippen LogP contribution in [0.2, 0.25) is 0 Å². The third kappa shape index (κ3) is 6.74. The molecule has 2 aromatic rings. The second kappa shape index (κ2) is 11.6. The normalized spacial score (nSPS) is 20.3. The first-order valence-electron chi connectivity index (χ1n) is 13.0. The zero-order valence-electron chi connectivity index (χ0n) is 22.0. The van der Waals surface area contributed by atoms with Gasteiger partial charge in [-0.3, -0.25) is 14.7 Å². The van der Waals surface area contributed by atoms with Crippen LogP contribution in [0.1, 0.15) is 45.1 Å². The van der Waals surface area contributed by atoms with Crippen LogP contribution in [0, 0.1) is 5.82 Å². The summed E-state index contributed by atoms with van der Waals surface area (Å²) in [7, 11) is 0. The Kier molecular flexibility index (Phi) is 8.44. The first-order valence-corrected chi connectivity index (χ1v) is 13.0. The number of piperazine rings is 1. The molecule has 0 unspecified atom stereocenters. The number of nitrogens with zero attached hydrogens (tertiary/aromatic N) is 4. The number of rotatable bonds is 6. The van der Waals surface area contributed by atoms with Crippen molar-refractivity contribution in [2.24, 2.45) is 11.5 Å². The summed E-state index contributed by atoms with van der Waals surface area (Å²) in [6.07, 6.45) is 5.34. The molecule has 0 radical (unpaired) electrons. The van der Waals surface area contributed by atoms with Gasteiger partial charge in [0.15, 0.2) is 0 Å². The number of carbonyl (C=O) groups is 2. The molecule has 11 nitrogen and oxygen atoms in total. The average molecular weight is 529 g/mol. The van der Waals surface area contributed by atoms with Crippen LogP contribution in [0.4, 0.5) is 15.0 Å². The molecule has 3 amide bonds. The molecule has 0 spiro atoms. The van der Waals surface area contributed by atoms with Crippen LogP contribution in [0.25, 0.3) is 5.69 Å². The van der Waals surface area contributed by atoms with Gasteiger partial charge in [-0.05, 0) is 57.7 Å². The number of benzene rings is 1. The molecule has 38 heavy (non-hydrogen) atoms. The summed E-state index contributed by atoms with van der Waals surface area (Å²) in [5.74, 6) is -0.494. The Balaban J connectivity index is 1.33. The van der Waals surface area contributed by atoms with Gasteiger partial charge in [-0.25, -0.2) is 14.0 Å². The number of carbonyl (C=O) groups excluding carboxylic acids is 2. The van der Waals surface area contributed by atoms with Crippen molar-refractivity contribution in [2.45, 2.75) is 63.7 Å². The Hall–Kier alpha value is -3.35. The highest BCUT2D eigenvalue weighted by Crippen LogP contribution is 2.19. The number of nitrogens with one attached hydrogen (secondary N) is 2. The average Bonchev–Trinajstić information content (AvgIpc) is 2.88. The van der Waals surface area contributed by atoms with Crippen LogP contribution in [0.3, 0.4) is 0 Å².